The van der Waals surface area contributed by atoms with Crippen molar-refractivity contribution in [3.8, 4) is 28.6 Å². The molecule has 0 spiro atoms. The lowest BCUT2D eigenvalue weighted by Gasteiger charge is -2.10. The van der Waals surface area contributed by atoms with E-state index in [1.807, 2.05) is 24.3 Å². The third-order valence-corrected chi connectivity index (χ3v) is 6.95. The number of benzene rings is 2. The molecule has 0 aliphatic rings. The summed E-state index contributed by atoms with van der Waals surface area (Å²) in [4.78, 5) is 17.1. The van der Waals surface area contributed by atoms with Gasteiger partial charge in [0.1, 0.15) is 12.4 Å². The standard InChI is InChI=1S/C26H28N4O6S/c1-18(2)29-37(32,33)23-10-7-20(8-11-23)26-27-25(28-36-26)21-9-12-24(31)30(17-21)16-19-5-4-6-22(15-19)35-14-13-34-3/h4-12,15,17-18,29H,13-14,16H2,1-3H3. The Bertz CT molecular complexity index is 1510. The maximum absolute atomic E-state index is 12.5. The molecule has 2 heterocycles. The van der Waals surface area contributed by atoms with Crippen LogP contribution < -0.4 is 15.0 Å². The fourth-order valence-corrected chi connectivity index (χ4v) is 4.82. The van der Waals surface area contributed by atoms with Crippen LogP contribution in [-0.2, 0) is 21.3 Å². The average Bonchev–Trinajstić information content (AvgIpc) is 3.36. The fraction of sp³-hybridized carbons (Fsp3) is 0.269. The highest BCUT2D eigenvalue weighted by Gasteiger charge is 2.17. The molecule has 2 aromatic heterocycles. The van der Waals surface area contributed by atoms with Gasteiger partial charge >= 0.3 is 0 Å². The second kappa shape index (κ2) is 11.5. The SMILES string of the molecule is COCCOc1cccc(Cn2cc(-c3noc(-c4ccc(S(=O)(=O)NC(C)C)cc4)n3)ccc2=O)c1. The molecule has 0 unspecified atom stereocenters. The van der Waals surface area contributed by atoms with Crippen molar-refractivity contribution in [3.63, 3.8) is 0 Å². The molecule has 0 bridgehead atoms. The maximum Gasteiger partial charge on any atom is 0.258 e. The summed E-state index contributed by atoms with van der Waals surface area (Å²) in [6.45, 7) is 4.76. The first-order valence-corrected chi connectivity index (χ1v) is 13.1. The van der Waals surface area contributed by atoms with Gasteiger partial charge in [-0.2, -0.15) is 4.98 Å². The summed E-state index contributed by atoms with van der Waals surface area (Å²) in [5.41, 5.74) is 1.89. The predicted molar refractivity (Wildman–Crippen MR) is 138 cm³/mol. The van der Waals surface area contributed by atoms with E-state index in [0.717, 1.165) is 5.56 Å². The molecule has 4 aromatic rings. The van der Waals surface area contributed by atoms with Gasteiger partial charge < -0.3 is 18.6 Å². The van der Waals surface area contributed by atoms with E-state index in [4.69, 9.17) is 14.0 Å². The minimum absolute atomic E-state index is 0.143. The number of nitrogens with one attached hydrogen (secondary N) is 1. The Kier molecular flexibility index (Phi) is 8.17. The van der Waals surface area contributed by atoms with Crippen molar-refractivity contribution in [2.45, 2.75) is 31.3 Å². The molecule has 0 atom stereocenters. The molecule has 0 fully saturated rings. The minimum atomic E-state index is -3.60. The van der Waals surface area contributed by atoms with Crippen LogP contribution in [0.2, 0.25) is 0 Å². The van der Waals surface area contributed by atoms with Gasteiger partial charge in [0, 0.05) is 36.5 Å². The molecule has 10 nitrogen and oxygen atoms in total. The number of sulfonamides is 1. The van der Waals surface area contributed by atoms with E-state index in [9.17, 15) is 13.2 Å². The van der Waals surface area contributed by atoms with Gasteiger partial charge in [-0.25, -0.2) is 13.1 Å². The minimum Gasteiger partial charge on any atom is -0.491 e. The van der Waals surface area contributed by atoms with E-state index < -0.39 is 10.0 Å². The van der Waals surface area contributed by atoms with Gasteiger partial charge in [0.25, 0.3) is 11.4 Å². The zero-order valence-corrected chi connectivity index (χ0v) is 21.6. The summed E-state index contributed by atoms with van der Waals surface area (Å²) in [5.74, 6) is 1.23. The molecule has 194 valence electrons. The van der Waals surface area contributed by atoms with Gasteiger partial charge in [-0.05, 0) is 61.9 Å². The van der Waals surface area contributed by atoms with Crippen LogP contribution in [0.25, 0.3) is 22.8 Å². The van der Waals surface area contributed by atoms with Crippen molar-refractivity contribution in [2.24, 2.45) is 0 Å². The van der Waals surface area contributed by atoms with Crippen LogP contribution in [-0.4, -0.2) is 49.5 Å². The molecule has 37 heavy (non-hydrogen) atoms. The first kappa shape index (κ1) is 26.3. The molecule has 0 saturated carbocycles. The number of methoxy groups -OCH3 is 1. The molecule has 0 aliphatic heterocycles. The quantitative estimate of drug-likeness (QED) is 0.296. The average molecular weight is 525 g/mol. The Balaban J connectivity index is 1.52. The molecule has 0 radical (unpaired) electrons. The Morgan fingerprint density at radius 1 is 1.03 bits per heavy atom. The lowest BCUT2D eigenvalue weighted by atomic mass is 10.2. The fourth-order valence-electron chi connectivity index (χ4n) is 3.57. The highest BCUT2D eigenvalue weighted by molar-refractivity contribution is 7.89. The van der Waals surface area contributed by atoms with Gasteiger partial charge in [-0.3, -0.25) is 4.79 Å². The van der Waals surface area contributed by atoms with Crippen molar-refractivity contribution in [3.05, 3.63) is 82.8 Å². The summed E-state index contributed by atoms with van der Waals surface area (Å²) >= 11 is 0. The van der Waals surface area contributed by atoms with E-state index in [-0.39, 0.29) is 22.4 Å². The number of rotatable bonds is 11. The van der Waals surface area contributed by atoms with E-state index in [1.54, 1.807) is 49.9 Å². The number of pyridine rings is 1. The second-order valence-corrected chi connectivity index (χ2v) is 10.3. The van der Waals surface area contributed by atoms with Crippen LogP contribution in [0, 0.1) is 0 Å². The zero-order chi connectivity index (χ0) is 26.4. The van der Waals surface area contributed by atoms with Crippen molar-refractivity contribution >= 4 is 10.0 Å². The largest absolute Gasteiger partial charge is 0.491 e. The molecule has 1 N–H and O–H groups in total. The molecule has 0 saturated heterocycles. The van der Waals surface area contributed by atoms with Crippen LogP contribution in [0.3, 0.4) is 0 Å². The summed E-state index contributed by atoms with van der Waals surface area (Å²) in [6.07, 6.45) is 1.67. The Labute approximate surface area is 214 Å². The number of ether oxygens (including phenoxy) is 2. The predicted octanol–water partition coefficient (Wildman–Crippen LogP) is 3.33. The summed E-state index contributed by atoms with van der Waals surface area (Å²) in [5, 5.41) is 4.04. The molecule has 0 aliphatic carbocycles. The van der Waals surface area contributed by atoms with Gasteiger partial charge in [-0.15, -0.1) is 0 Å². The number of nitrogens with zero attached hydrogens (tertiary/aromatic N) is 3. The van der Waals surface area contributed by atoms with E-state index in [1.165, 1.54) is 18.2 Å². The van der Waals surface area contributed by atoms with E-state index in [2.05, 4.69) is 14.9 Å². The molecule has 4 rings (SSSR count). The Morgan fingerprint density at radius 2 is 1.78 bits per heavy atom. The summed E-state index contributed by atoms with van der Waals surface area (Å²) in [6, 6.07) is 16.5. The van der Waals surface area contributed by atoms with Crippen molar-refractivity contribution in [1.29, 1.82) is 0 Å². The second-order valence-electron chi connectivity index (χ2n) is 8.60. The van der Waals surface area contributed by atoms with Crippen molar-refractivity contribution in [1.82, 2.24) is 19.4 Å². The van der Waals surface area contributed by atoms with Crippen LogP contribution in [0.4, 0.5) is 0 Å². The lowest BCUT2D eigenvalue weighted by Crippen LogP contribution is -2.30. The van der Waals surface area contributed by atoms with Crippen LogP contribution in [0.15, 0.2) is 81.1 Å². The van der Waals surface area contributed by atoms with Gasteiger partial charge in [0.2, 0.25) is 15.8 Å². The smallest absolute Gasteiger partial charge is 0.258 e. The Hall–Kier alpha value is -3.80. The highest BCUT2D eigenvalue weighted by atomic mass is 32.2. The summed E-state index contributed by atoms with van der Waals surface area (Å²) < 4.78 is 44.9. The van der Waals surface area contributed by atoms with Crippen LogP contribution in [0.1, 0.15) is 19.4 Å². The van der Waals surface area contributed by atoms with Gasteiger partial charge in [-0.1, -0.05) is 17.3 Å². The molecule has 0 amide bonds. The molecular formula is C26H28N4O6S. The summed E-state index contributed by atoms with van der Waals surface area (Å²) in [7, 11) is -1.99. The zero-order valence-electron chi connectivity index (χ0n) is 20.7. The Morgan fingerprint density at radius 3 is 2.51 bits per heavy atom. The van der Waals surface area contributed by atoms with Crippen LogP contribution >= 0.6 is 0 Å². The van der Waals surface area contributed by atoms with Gasteiger partial charge in [0.15, 0.2) is 0 Å². The first-order valence-electron chi connectivity index (χ1n) is 11.6. The van der Waals surface area contributed by atoms with E-state index >= 15 is 0 Å². The van der Waals surface area contributed by atoms with Crippen molar-refractivity contribution in [2.75, 3.05) is 20.3 Å². The molecular weight excluding hydrogens is 496 g/mol. The van der Waals surface area contributed by atoms with Gasteiger partial charge in [0.05, 0.1) is 18.0 Å². The monoisotopic (exact) mass is 524 g/mol. The lowest BCUT2D eigenvalue weighted by molar-refractivity contribution is 0.146. The van der Waals surface area contributed by atoms with E-state index in [0.29, 0.717) is 42.5 Å². The van der Waals surface area contributed by atoms with Crippen molar-refractivity contribution < 1.29 is 22.4 Å². The molecule has 2 aromatic carbocycles. The number of hydrogen-bond acceptors (Lipinski definition) is 8. The normalized spacial score (nSPS) is 11.7. The first-order chi connectivity index (χ1) is 17.7. The third-order valence-electron chi connectivity index (χ3n) is 5.28. The topological polar surface area (TPSA) is 126 Å². The molecule has 11 heteroatoms. The number of aromatic nitrogens is 3. The maximum atomic E-state index is 12.5. The third kappa shape index (κ3) is 6.70. The number of hydrogen-bond donors (Lipinski definition) is 1. The highest BCUT2D eigenvalue weighted by Crippen LogP contribution is 2.23. The van der Waals surface area contributed by atoms with Crippen LogP contribution in [0.5, 0.6) is 5.75 Å².